The average molecular weight is 239 g/mol. The van der Waals surface area contributed by atoms with Crippen LogP contribution in [0.3, 0.4) is 0 Å². The van der Waals surface area contributed by atoms with Crippen molar-refractivity contribution in [1.29, 1.82) is 0 Å². The van der Waals surface area contributed by atoms with Gasteiger partial charge in [-0.15, -0.1) is 9.24 Å². The molecule has 0 radical (unpaired) electrons. The van der Waals surface area contributed by atoms with Gasteiger partial charge in [-0.25, -0.2) is 15.0 Å². The molecule has 2 atom stereocenters. The van der Waals surface area contributed by atoms with Crippen LogP contribution in [0.25, 0.3) is 11.2 Å². The number of rotatable bonds is 4. The summed E-state index contributed by atoms with van der Waals surface area (Å²) in [5, 5.41) is 0. The van der Waals surface area contributed by atoms with E-state index in [1.165, 1.54) is 6.33 Å². The first kappa shape index (κ1) is 11.2. The number of nitrogens with zero attached hydrogens (tertiary/aromatic N) is 4. The van der Waals surface area contributed by atoms with E-state index in [0.29, 0.717) is 24.2 Å². The average Bonchev–Trinajstić information content (AvgIpc) is 2.64. The molecule has 0 aromatic carbocycles. The number of nitrogens with two attached hydrogens (primary N) is 1. The van der Waals surface area contributed by atoms with Gasteiger partial charge in [0.1, 0.15) is 11.8 Å². The fourth-order valence-corrected chi connectivity index (χ4v) is 1.85. The van der Waals surface area contributed by atoms with Gasteiger partial charge in [-0.3, -0.25) is 0 Å². The summed E-state index contributed by atoms with van der Waals surface area (Å²) < 4.78 is 7.35. The van der Waals surface area contributed by atoms with Crippen LogP contribution in [0, 0.1) is 0 Å². The molecule has 0 bridgehead atoms. The predicted molar refractivity (Wildman–Crippen MR) is 64.9 cm³/mol. The second-order valence-electron chi connectivity index (χ2n) is 3.47. The molecule has 0 saturated carbocycles. The zero-order valence-corrected chi connectivity index (χ0v) is 10.2. The van der Waals surface area contributed by atoms with E-state index in [-0.39, 0.29) is 6.10 Å². The molecule has 2 N–H and O–H groups in total. The van der Waals surface area contributed by atoms with Crippen molar-refractivity contribution in [2.45, 2.75) is 19.6 Å². The van der Waals surface area contributed by atoms with Crippen LogP contribution in [0.4, 0.5) is 5.82 Å². The largest absolute Gasteiger partial charge is 0.382 e. The van der Waals surface area contributed by atoms with Crippen molar-refractivity contribution in [3.05, 3.63) is 12.7 Å². The van der Waals surface area contributed by atoms with Crippen LogP contribution in [0.5, 0.6) is 0 Å². The molecule has 0 fully saturated rings. The third-order valence-electron chi connectivity index (χ3n) is 2.26. The molecule has 0 aliphatic heterocycles. The van der Waals surface area contributed by atoms with Gasteiger partial charge < -0.3 is 15.0 Å². The first-order valence-electron chi connectivity index (χ1n) is 4.95. The van der Waals surface area contributed by atoms with Crippen molar-refractivity contribution >= 4 is 26.2 Å². The van der Waals surface area contributed by atoms with Crippen molar-refractivity contribution in [2.75, 3.05) is 12.1 Å². The molecule has 86 valence electrons. The summed E-state index contributed by atoms with van der Waals surface area (Å²) in [4.78, 5) is 12.2. The minimum absolute atomic E-state index is 0.103. The number of fused-ring (bicyclic) bond motifs is 1. The highest BCUT2D eigenvalue weighted by Gasteiger charge is 2.10. The summed E-state index contributed by atoms with van der Waals surface area (Å²) in [6, 6.07) is 0. The van der Waals surface area contributed by atoms with Gasteiger partial charge in [0.05, 0.1) is 25.3 Å². The summed E-state index contributed by atoms with van der Waals surface area (Å²) in [5.74, 6) is 0.406. The van der Waals surface area contributed by atoms with Gasteiger partial charge in [0.25, 0.3) is 0 Å². The Balaban J connectivity index is 2.28. The maximum atomic E-state index is 5.70. The Morgan fingerprint density at radius 1 is 1.50 bits per heavy atom. The van der Waals surface area contributed by atoms with E-state index in [1.807, 2.05) is 11.5 Å². The lowest BCUT2D eigenvalue weighted by atomic mass is 10.4. The van der Waals surface area contributed by atoms with Crippen molar-refractivity contribution in [2.24, 2.45) is 0 Å². The Morgan fingerprint density at radius 3 is 3.06 bits per heavy atom. The minimum Gasteiger partial charge on any atom is -0.382 e. The molecule has 16 heavy (non-hydrogen) atoms. The van der Waals surface area contributed by atoms with Crippen LogP contribution < -0.4 is 5.73 Å². The lowest BCUT2D eigenvalue weighted by Gasteiger charge is -2.12. The van der Waals surface area contributed by atoms with Crippen LogP contribution >= 0.6 is 9.24 Å². The van der Waals surface area contributed by atoms with Crippen LogP contribution in [-0.2, 0) is 11.3 Å². The lowest BCUT2D eigenvalue weighted by Crippen LogP contribution is -2.15. The van der Waals surface area contributed by atoms with Crippen LogP contribution in [0.15, 0.2) is 12.7 Å². The molecule has 2 rings (SSSR count). The van der Waals surface area contributed by atoms with E-state index in [1.54, 1.807) is 6.33 Å². The Morgan fingerprint density at radius 2 is 2.31 bits per heavy atom. The van der Waals surface area contributed by atoms with Crippen molar-refractivity contribution in [1.82, 2.24) is 19.5 Å². The van der Waals surface area contributed by atoms with E-state index >= 15 is 0 Å². The second kappa shape index (κ2) is 4.72. The highest BCUT2D eigenvalue weighted by Crippen LogP contribution is 2.14. The second-order valence-corrected chi connectivity index (χ2v) is 3.81. The number of nitrogen functional groups attached to an aromatic ring is 1. The number of aromatic nitrogens is 4. The van der Waals surface area contributed by atoms with Gasteiger partial charge in [0.15, 0.2) is 11.5 Å². The zero-order valence-electron chi connectivity index (χ0n) is 9.00. The fourth-order valence-electron chi connectivity index (χ4n) is 1.53. The first-order valence-corrected chi connectivity index (χ1v) is 5.77. The number of ether oxygens (including phenoxy) is 1. The lowest BCUT2D eigenvalue weighted by molar-refractivity contribution is 0.0912. The molecule has 6 nitrogen and oxygen atoms in total. The van der Waals surface area contributed by atoms with Gasteiger partial charge in [-0.2, -0.15) is 0 Å². The number of hydrogen-bond donors (Lipinski definition) is 1. The maximum Gasteiger partial charge on any atom is 0.165 e. The summed E-state index contributed by atoms with van der Waals surface area (Å²) in [7, 11) is 2.53. The Labute approximate surface area is 95.4 Å². The van der Waals surface area contributed by atoms with Crippen molar-refractivity contribution < 1.29 is 4.74 Å². The van der Waals surface area contributed by atoms with E-state index < -0.39 is 0 Å². The molecule has 2 aromatic heterocycles. The Hall–Kier alpha value is -1.26. The topological polar surface area (TPSA) is 78.9 Å². The summed E-state index contributed by atoms with van der Waals surface area (Å²) in [5.41, 5.74) is 7.08. The molecule has 7 heteroatoms. The molecule has 0 aliphatic rings. The number of anilines is 1. The molecule has 0 spiro atoms. The van der Waals surface area contributed by atoms with Crippen molar-refractivity contribution in [3.8, 4) is 0 Å². The van der Waals surface area contributed by atoms with Crippen molar-refractivity contribution in [3.63, 3.8) is 0 Å². The Kier molecular flexibility index (Phi) is 3.31. The summed E-state index contributed by atoms with van der Waals surface area (Å²) >= 11 is 0. The van der Waals surface area contributed by atoms with E-state index in [4.69, 9.17) is 10.5 Å². The van der Waals surface area contributed by atoms with Crippen LogP contribution in [0.2, 0.25) is 0 Å². The van der Waals surface area contributed by atoms with Gasteiger partial charge in [0, 0.05) is 0 Å². The van der Waals surface area contributed by atoms with Crippen LogP contribution in [-0.4, -0.2) is 32.0 Å². The number of hydrogen-bond acceptors (Lipinski definition) is 5. The maximum absolute atomic E-state index is 5.70. The first-order chi connectivity index (χ1) is 7.72. The monoisotopic (exact) mass is 239 g/mol. The SMILES string of the molecule is C[C@H](Cn1cnc2c(N)ncnc21)OCP. The molecule has 1 unspecified atom stereocenters. The summed E-state index contributed by atoms with van der Waals surface area (Å²) in [6.07, 6.45) is 3.87. The molecule has 0 saturated heterocycles. The third kappa shape index (κ3) is 2.13. The van der Waals surface area contributed by atoms with E-state index in [0.717, 1.165) is 5.65 Å². The predicted octanol–water partition coefficient (Wildman–Crippen LogP) is 0.646. The van der Waals surface area contributed by atoms with Gasteiger partial charge in [-0.05, 0) is 6.92 Å². The standard InChI is InChI=1S/C9H14N5OP/c1-6(15-5-16)2-14-4-13-7-8(10)11-3-12-9(7)14/h3-4,6H,2,5,16H2,1H3,(H2,10,11,12)/t6-/m1/s1. The van der Waals surface area contributed by atoms with E-state index in [9.17, 15) is 0 Å². The van der Waals surface area contributed by atoms with Gasteiger partial charge >= 0.3 is 0 Å². The van der Waals surface area contributed by atoms with Gasteiger partial charge in [-0.1, -0.05) is 0 Å². The molecule has 0 amide bonds. The molecule has 2 aromatic rings. The molecular formula is C9H14N5OP. The molecule has 2 heterocycles. The normalized spacial score (nSPS) is 13.1. The zero-order chi connectivity index (χ0) is 11.5. The van der Waals surface area contributed by atoms with Gasteiger partial charge in [0.2, 0.25) is 0 Å². The Bertz CT molecular complexity index is 486. The minimum atomic E-state index is 0.103. The molecular weight excluding hydrogens is 225 g/mol. The highest BCUT2D eigenvalue weighted by molar-refractivity contribution is 7.16. The highest BCUT2D eigenvalue weighted by atomic mass is 31.0. The smallest absolute Gasteiger partial charge is 0.165 e. The fraction of sp³-hybridized carbons (Fsp3) is 0.444. The summed E-state index contributed by atoms with van der Waals surface area (Å²) in [6.45, 7) is 2.70. The number of imidazole rings is 1. The van der Waals surface area contributed by atoms with E-state index in [2.05, 4.69) is 24.2 Å². The quantitative estimate of drug-likeness (QED) is 0.792. The third-order valence-corrected chi connectivity index (χ3v) is 2.46. The van der Waals surface area contributed by atoms with Crippen LogP contribution in [0.1, 0.15) is 6.92 Å². The molecule has 0 aliphatic carbocycles.